The monoisotopic (exact) mass is 1460 g/mol. The summed E-state index contributed by atoms with van der Waals surface area (Å²) < 4.78 is 89.6. The Morgan fingerprint density at radius 3 is 0.444 bits per heavy atom. The molecule has 0 atom stereocenters. The van der Waals surface area contributed by atoms with E-state index >= 15 is 0 Å². The third-order valence-corrected chi connectivity index (χ3v) is 21.4. The fourth-order valence-electron chi connectivity index (χ4n) is 15.7. The van der Waals surface area contributed by atoms with Gasteiger partial charge in [-0.2, -0.15) is 0 Å². The second kappa shape index (κ2) is 41.6. The summed E-state index contributed by atoms with van der Waals surface area (Å²) in [5, 5.41) is 0. The van der Waals surface area contributed by atoms with Crippen LogP contribution < -0.4 is 14.2 Å². The minimum absolute atomic E-state index is 0.349. The molecule has 25 rings (SSSR count). The summed E-state index contributed by atoms with van der Waals surface area (Å²) >= 11 is 0. The summed E-state index contributed by atoms with van der Waals surface area (Å²) in [7, 11) is 0. The first-order valence-corrected chi connectivity index (χ1v) is 39.4. The molecular weight excluding hydrogens is 1360 g/mol. The first-order valence-electron chi connectivity index (χ1n) is 39.4. The van der Waals surface area contributed by atoms with Crippen molar-refractivity contribution in [1.29, 1.82) is 0 Å². The van der Waals surface area contributed by atoms with Gasteiger partial charge in [-0.1, -0.05) is 182 Å². The van der Waals surface area contributed by atoms with Crippen LogP contribution in [-0.2, 0) is 73.1 Å². The standard InChI is InChI=1S/C93H108O15/c1-4-46-94-49-52-97-55-58-100-61-64-104-68-71-107-89-39-33-86(34-40-89)92(81-23-11-75(12-24-81)76-13-25-82(92)26-14-76)44-3-6-48-96-51-54-99-57-60-102-63-66-105-69-72-108-90-41-35-87(36-42-90)93(83-27-15-77(16-28-83)78-17-29-84(93)30-18-78)45-2-5-47-95-50-53-98-56-59-101-62-65-103-67-70-106-88-37-31-85(32-38-88)91(43-1)79-19-7-73(8-20-79)74-9-21-80(91)22-10-74/h7-42H,1-6,43-72H2. The maximum absolute atomic E-state index is 6.20. The Balaban J connectivity index is 0.570. The Hall–Kier alpha value is -8.10. The minimum atomic E-state index is -0.349. The number of benzene rings is 9. The summed E-state index contributed by atoms with van der Waals surface area (Å²) in [6.07, 6.45) is 8.45. The SMILES string of the molecule is c1cc2ccc1OCCOCCOCCOCCOCCCCC1(c3ccc(cc3)OCCOCCOCCOCCOCCCCC3(c4ccc(cc4)OCCOCCOCCOCCOCCCCC24c2ccc(cc2)-c2ccc4cc2)c2ccc(cc2)-c2ccc3cc2)c2ccc(cc2)-c2ccc1cc2. The zero-order chi connectivity index (χ0) is 73.4. The molecule has 0 N–H and O–H groups in total. The van der Waals surface area contributed by atoms with Gasteiger partial charge in [0, 0.05) is 36.1 Å². The smallest absolute Gasteiger partial charge is 0.119 e. The van der Waals surface area contributed by atoms with E-state index in [-0.39, 0.29) is 16.2 Å². The average molecular weight is 1470 g/mol. The zero-order valence-corrected chi connectivity index (χ0v) is 62.9. The van der Waals surface area contributed by atoms with E-state index in [2.05, 4.69) is 218 Å². The minimum Gasteiger partial charge on any atom is -0.491 e. The first kappa shape index (κ1) is 78.0. The van der Waals surface area contributed by atoms with E-state index in [1.807, 2.05) is 0 Å². The Kier molecular flexibility index (Phi) is 30.1. The fourth-order valence-corrected chi connectivity index (χ4v) is 15.7. The van der Waals surface area contributed by atoms with Crippen molar-refractivity contribution in [2.45, 2.75) is 74.0 Å². The molecule has 0 fully saturated rings. The topological polar surface area (TPSA) is 138 Å². The molecule has 4 aliphatic heterocycles. The fraction of sp³-hybridized carbons (Fsp3) is 0.419. The molecule has 9 aromatic rings. The largest absolute Gasteiger partial charge is 0.491 e. The summed E-state index contributed by atoms with van der Waals surface area (Å²) in [4.78, 5) is 0. The highest BCUT2D eigenvalue weighted by molar-refractivity contribution is 5.71. The van der Waals surface area contributed by atoms with Gasteiger partial charge < -0.3 is 71.1 Å². The van der Waals surface area contributed by atoms with Gasteiger partial charge in [-0.3, -0.25) is 0 Å². The molecule has 108 heavy (non-hydrogen) atoms. The van der Waals surface area contributed by atoms with Crippen molar-refractivity contribution in [1.82, 2.24) is 0 Å². The van der Waals surface area contributed by atoms with Crippen LogP contribution in [0.4, 0.5) is 0 Å². The van der Waals surface area contributed by atoms with Crippen molar-refractivity contribution in [2.24, 2.45) is 0 Å². The normalized spacial score (nSPS) is 19.4. The van der Waals surface area contributed by atoms with E-state index in [1.165, 1.54) is 83.5 Å². The number of rotatable bonds is 0. The van der Waals surface area contributed by atoms with E-state index in [1.54, 1.807) is 0 Å². The molecule has 0 unspecified atom stereocenters. The van der Waals surface area contributed by atoms with Crippen molar-refractivity contribution in [3.05, 3.63) is 268 Å². The molecule has 0 saturated heterocycles. The van der Waals surface area contributed by atoms with Crippen LogP contribution in [0.5, 0.6) is 17.2 Å². The third-order valence-electron chi connectivity index (χ3n) is 21.4. The van der Waals surface area contributed by atoms with Gasteiger partial charge in [0.2, 0.25) is 0 Å². The number of ether oxygens (including phenoxy) is 15. The third kappa shape index (κ3) is 20.7. The molecule has 12 aliphatic carbocycles. The zero-order valence-electron chi connectivity index (χ0n) is 62.9. The van der Waals surface area contributed by atoms with Crippen molar-refractivity contribution in [3.8, 4) is 50.6 Å². The average Bonchev–Trinajstić information content (AvgIpc) is 1.75. The lowest BCUT2D eigenvalue weighted by molar-refractivity contribution is -0.00492. The van der Waals surface area contributed by atoms with Crippen molar-refractivity contribution in [2.75, 3.05) is 178 Å². The molecule has 16 aliphatic rings. The highest BCUT2D eigenvalue weighted by Crippen LogP contribution is 2.49. The molecule has 18 bridgehead atoms. The maximum Gasteiger partial charge on any atom is 0.119 e. The molecular formula is C93H108O15. The quantitative estimate of drug-likeness (QED) is 0.142. The van der Waals surface area contributed by atoms with Crippen LogP contribution in [0.25, 0.3) is 33.4 Å². The van der Waals surface area contributed by atoms with Crippen LogP contribution >= 0.6 is 0 Å². The first-order chi connectivity index (χ1) is 53.6. The van der Waals surface area contributed by atoms with Crippen LogP contribution in [-0.4, -0.2) is 178 Å². The van der Waals surface area contributed by atoms with Crippen molar-refractivity contribution >= 4 is 0 Å². The van der Waals surface area contributed by atoms with Gasteiger partial charge in [-0.25, -0.2) is 0 Å². The second-order valence-electron chi connectivity index (χ2n) is 28.0. The van der Waals surface area contributed by atoms with Crippen LogP contribution in [0, 0.1) is 0 Å². The molecule has 9 aromatic carbocycles. The second-order valence-corrected chi connectivity index (χ2v) is 28.0. The molecule has 0 aromatic heterocycles. The van der Waals surface area contributed by atoms with Gasteiger partial charge in [-0.15, -0.1) is 0 Å². The predicted molar refractivity (Wildman–Crippen MR) is 422 cm³/mol. The Labute approximate surface area is 639 Å². The summed E-state index contributed by atoms with van der Waals surface area (Å²) in [6, 6.07) is 80.6. The summed E-state index contributed by atoms with van der Waals surface area (Å²) in [6.45, 7) is 13.5. The lowest BCUT2D eigenvalue weighted by Crippen LogP contribution is -2.29. The maximum atomic E-state index is 6.20. The van der Waals surface area contributed by atoms with Gasteiger partial charge in [-0.05, 0) is 178 Å². The van der Waals surface area contributed by atoms with Crippen LogP contribution in [0.15, 0.2) is 218 Å². The molecule has 570 valence electrons. The highest BCUT2D eigenvalue weighted by Gasteiger charge is 2.40. The molecule has 3 spiro atoms. The Morgan fingerprint density at radius 1 is 0.139 bits per heavy atom. The molecule has 0 radical (unpaired) electrons. The van der Waals surface area contributed by atoms with Crippen LogP contribution in [0.1, 0.15) is 108 Å². The number of fused-ring (bicyclic) bond motifs is 2. The molecule has 15 heteroatoms. The lowest BCUT2D eigenvalue weighted by atomic mass is 9.67. The van der Waals surface area contributed by atoms with E-state index < -0.39 is 0 Å². The Bertz CT molecular complexity index is 3460. The van der Waals surface area contributed by atoms with Gasteiger partial charge >= 0.3 is 0 Å². The predicted octanol–water partition coefficient (Wildman–Crippen LogP) is 16.9. The lowest BCUT2D eigenvalue weighted by Gasteiger charge is -2.36. The van der Waals surface area contributed by atoms with Crippen LogP contribution in [0.2, 0.25) is 0 Å². The van der Waals surface area contributed by atoms with Crippen molar-refractivity contribution in [3.63, 3.8) is 0 Å². The summed E-state index contributed by atoms with van der Waals surface area (Å²) in [5.41, 5.74) is 17.7. The number of hydrogen-bond donors (Lipinski definition) is 0. The van der Waals surface area contributed by atoms with Gasteiger partial charge in [0.15, 0.2) is 0 Å². The molecule has 15 nitrogen and oxygen atoms in total. The Morgan fingerprint density at radius 2 is 0.278 bits per heavy atom. The molecule has 0 amide bonds. The van der Waals surface area contributed by atoms with Crippen LogP contribution in [0.3, 0.4) is 0 Å². The van der Waals surface area contributed by atoms with Gasteiger partial charge in [0.1, 0.15) is 37.1 Å². The highest BCUT2D eigenvalue weighted by atomic mass is 16.6. The number of hydrogen-bond acceptors (Lipinski definition) is 15. The van der Waals surface area contributed by atoms with E-state index in [9.17, 15) is 0 Å². The van der Waals surface area contributed by atoms with Crippen molar-refractivity contribution < 1.29 is 71.1 Å². The van der Waals surface area contributed by atoms with E-state index in [4.69, 9.17) is 71.1 Å². The van der Waals surface area contributed by atoms with E-state index in [0.29, 0.717) is 178 Å². The summed E-state index contributed by atoms with van der Waals surface area (Å²) in [5.74, 6) is 2.42. The molecule has 0 saturated carbocycles. The van der Waals surface area contributed by atoms with Gasteiger partial charge in [0.05, 0.1) is 139 Å². The molecule has 4 heterocycles. The van der Waals surface area contributed by atoms with Gasteiger partial charge in [0.25, 0.3) is 0 Å². The van der Waals surface area contributed by atoms with E-state index in [0.717, 1.165) is 75.0 Å².